The summed E-state index contributed by atoms with van der Waals surface area (Å²) in [6, 6.07) is 9.25. The minimum absolute atomic E-state index is 0.0608. The summed E-state index contributed by atoms with van der Waals surface area (Å²) >= 11 is 0. The van der Waals surface area contributed by atoms with Gasteiger partial charge in [0.05, 0.1) is 24.8 Å². The topological polar surface area (TPSA) is 76.2 Å². The van der Waals surface area contributed by atoms with Gasteiger partial charge in [0.1, 0.15) is 12.4 Å². The molecule has 3 rings (SSSR count). The number of benzene rings is 2. The minimum Gasteiger partial charge on any atom is -0.493 e. The molecule has 9 heteroatoms. The number of carbonyl (C=O) groups excluding carboxylic acids is 1. The SMILES string of the molecule is COc1ccc(S(=O)(=O)N(CC(=O)N2CCCC(C)C2)c2ccc(F)cc2)cc1OC. The van der Waals surface area contributed by atoms with Crippen LogP contribution in [0.4, 0.5) is 10.1 Å². The Labute approximate surface area is 182 Å². The average Bonchev–Trinajstić information content (AvgIpc) is 2.77. The first-order chi connectivity index (χ1) is 14.8. The molecular formula is C22H27FN2O5S. The van der Waals surface area contributed by atoms with E-state index in [0.29, 0.717) is 24.8 Å². The molecule has 2 aromatic carbocycles. The number of halogens is 1. The van der Waals surface area contributed by atoms with Gasteiger partial charge in [-0.05, 0) is 55.2 Å². The van der Waals surface area contributed by atoms with Crippen molar-refractivity contribution in [3.05, 3.63) is 48.3 Å². The molecule has 0 aliphatic carbocycles. The van der Waals surface area contributed by atoms with E-state index in [2.05, 4.69) is 6.92 Å². The van der Waals surface area contributed by atoms with E-state index < -0.39 is 15.8 Å². The van der Waals surface area contributed by atoms with Crippen LogP contribution in [0.3, 0.4) is 0 Å². The Kier molecular flexibility index (Phi) is 7.04. The second kappa shape index (κ2) is 9.55. The predicted octanol–water partition coefficient (Wildman–Crippen LogP) is 3.30. The summed E-state index contributed by atoms with van der Waals surface area (Å²) in [4.78, 5) is 14.6. The van der Waals surface area contributed by atoms with Crippen LogP contribution >= 0.6 is 0 Å². The van der Waals surface area contributed by atoms with Crippen LogP contribution in [0.1, 0.15) is 19.8 Å². The second-order valence-corrected chi connectivity index (χ2v) is 9.45. The van der Waals surface area contributed by atoms with Gasteiger partial charge in [-0.1, -0.05) is 6.92 Å². The normalized spacial score (nSPS) is 16.6. The third-order valence-electron chi connectivity index (χ3n) is 5.35. The summed E-state index contributed by atoms with van der Waals surface area (Å²) in [5.41, 5.74) is 0.203. The van der Waals surface area contributed by atoms with Gasteiger partial charge in [0, 0.05) is 19.2 Å². The molecule has 0 spiro atoms. The van der Waals surface area contributed by atoms with E-state index >= 15 is 0 Å². The molecule has 31 heavy (non-hydrogen) atoms. The second-order valence-electron chi connectivity index (χ2n) is 7.59. The molecule has 0 bridgehead atoms. The first-order valence-corrected chi connectivity index (χ1v) is 11.5. The van der Waals surface area contributed by atoms with Gasteiger partial charge in [-0.3, -0.25) is 9.10 Å². The van der Waals surface area contributed by atoms with Crippen molar-refractivity contribution in [2.24, 2.45) is 5.92 Å². The molecule has 1 heterocycles. The fourth-order valence-corrected chi connectivity index (χ4v) is 5.10. The summed E-state index contributed by atoms with van der Waals surface area (Å²) < 4.78 is 52.0. The smallest absolute Gasteiger partial charge is 0.264 e. The van der Waals surface area contributed by atoms with Crippen molar-refractivity contribution in [3.63, 3.8) is 0 Å². The molecule has 1 fully saturated rings. The lowest BCUT2D eigenvalue weighted by Crippen LogP contribution is -2.46. The summed E-state index contributed by atoms with van der Waals surface area (Å²) in [5.74, 6) is 0.203. The van der Waals surface area contributed by atoms with Crippen molar-refractivity contribution in [3.8, 4) is 11.5 Å². The molecule has 1 aliphatic rings. The number of hydrogen-bond donors (Lipinski definition) is 0. The Hall–Kier alpha value is -2.81. The molecule has 0 aromatic heterocycles. The molecule has 1 saturated heterocycles. The summed E-state index contributed by atoms with van der Waals surface area (Å²) in [7, 11) is -1.28. The molecule has 0 saturated carbocycles. The molecule has 2 aromatic rings. The van der Waals surface area contributed by atoms with Crippen molar-refractivity contribution in [2.75, 3.05) is 38.2 Å². The van der Waals surface area contributed by atoms with Crippen LogP contribution in [0, 0.1) is 11.7 Å². The Morgan fingerprint density at radius 3 is 2.42 bits per heavy atom. The van der Waals surface area contributed by atoms with E-state index in [9.17, 15) is 17.6 Å². The van der Waals surface area contributed by atoms with Crippen LogP contribution in [0.15, 0.2) is 47.4 Å². The maximum atomic E-state index is 13.5. The number of anilines is 1. The van der Waals surface area contributed by atoms with E-state index in [1.54, 1.807) is 4.90 Å². The number of piperidine rings is 1. The highest BCUT2D eigenvalue weighted by Crippen LogP contribution is 2.32. The number of nitrogens with zero attached hydrogens (tertiary/aromatic N) is 2. The minimum atomic E-state index is -4.14. The zero-order chi connectivity index (χ0) is 22.6. The van der Waals surface area contributed by atoms with Gasteiger partial charge in [-0.15, -0.1) is 0 Å². The number of methoxy groups -OCH3 is 2. The van der Waals surface area contributed by atoms with Gasteiger partial charge in [-0.25, -0.2) is 12.8 Å². The molecule has 0 N–H and O–H groups in total. The van der Waals surface area contributed by atoms with E-state index in [0.717, 1.165) is 17.1 Å². The lowest BCUT2D eigenvalue weighted by atomic mass is 10.0. The number of carbonyl (C=O) groups is 1. The molecule has 168 valence electrons. The molecule has 7 nitrogen and oxygen atoms in total. The third kappa shape index (κ3) is 5.10. The molecule has 0 radical (unpaired) electrons. The number of hydrogen-bond acceptors (Lipinski definition) is 5. The number of amides is 1. The Bertz CT molecular complexity index is 1030. The molecule has 1 amide bonds. The van der Waals surface area contributed by atoms with E-state index in [-0.39, 0.29) is 28.8 Å². The van der Waals surface area contributed by atoms with Gasteiger partial charge < -0.3 is 14.4 Å². The fourth-order valence-electron chi connectivity index (χ4n) is 3.67. The van der Waals surface area contributed by atoms with Crippen molar-refractivity contribution < 1.29 is 27.1 Å². The highest BCUT2D eigenvalue weighted by molar-refractivity contribution is 7.92. The molecular weight excluding hydrogens is 423 g/mol. The molecule has 1 aliphatic heterocycles. The Balaban J connectivity index is 1.99. The number of likely N-dealkylation sites (tertiary alicyclic amines) is 1. The number of sulfonamides is 1. The lowest BCUT2D eigenvalue weighted by molar-refractivity contribution is -0.131. The molecule has 1 unspecified atom stereocenters. The van der Waals surface area contributed by atoms with Crippen LogP contribution < -0.4 is 13.8 Å². The summed E-state index contributed by atoms with van der Waals surface area (Å²) in [6.07, 6.45) is 1.92. The van der Waals surface area contributed by atoms with E-state index in [1.807, 2.05) is 0 Å². The number of ether oxygens (including phenoxy) is 2. The van der Waals surface area contributed by atoms with Crippen molar-refractivity contribution in [1.29, 1.82) is 0 Å². The van der Waals surface area contributed by atoms with Gasteiger partial charge in [0.25, 0.3) is 10.0 Å². The van der Waals surface area contributed by atoms with Crippen LogP contribution in [0.5, 0.6) is 11.5 Å². The number of rotatable bonds is 7. The zero-order valence-electron chi connectivity index (χ0n) is 17.9. The van der Waals surface area contributed by atoms with Gasteiger partial charge >= 0.3 is 0 Å². The first-order valence-electron chi connectivity index (χ1n) is 10.0. The summed E-state index contributed by atoms with van der Waals surface area (Å²) in [5, 5.41) is 0. The summed E-state index contributed by atoms with van der Waals surface area (Å²) in [6.45, 7) is 2.87. The lowest BCUT2D eigenvalue weighted by Gasteiger charge is -2.33. The van der Waals surface area contributed by atoms with E-state index in [4.69, 9.17) is 9.47 Å². The van der Waals surface area contributed by atoms with Crippen molar-refractivity contribution >= 4 is 21.6 Å². The average molecular weight is 451 g/mol. The van der Waals surface area contributed by atoms with Gasteiger partial charge in [0.2, 0.25) is 5.91 Å². The Morgan fingerprint density at radius 1 is 1.13 bits per heavy atom. The maximum absolute atomic E-state index is 13.5. The largest absolute Gasteiger partial charge is 0.493 e. The van der Waals surface area contributed by atoms with Crippen LogP contribution in [-0.2, 0) is 14.8 Å². The highest BCUT2D eigenvalue weighted by Gasteiger charge is 2.31. The fraction of sp³-hybridized carbons (Fsp3) is 0.409. The molecule has 1 atom stereocenters. The van der Waals surface area contributed by atoms with Gasteiger partial charge in [0.15, 0.2) is 11.5 Å². The highest BCUT2D eigenvalue weighted by atomic mass is 32.2. The van der Waals surface area contributed by atoms with Crippen LogP contribution in [0.25, 0.3) is 0 Å². The zero-order valence-corrected chi connectivity index (χ0v) is 18.7. The van der Waals surface area contributed by atoms with Crippen molar-refractivity contribution in [2.45, 2.75) is 24.7 Å². The monoisotopic (exact) mass is 450 g/mol. The van der Waals surface area contributed by atoms with E-state index in [1.165, 1.54) is 56.7 Å². The third-order valence-corrected chi connectivity index (χ3v) is 7.12. The Morgan fingerprint density at radius 2 is 1.81 bits per heavy atom. The predicted molar refractivity (Wildman–Crippen MR) is 115 cm³/mol. The maximum Gasteiger partial charge on any atom is 0.264 e. The quantitative estimate of drug-likeness (QED) is 0.647. The van der Waals surface area contributed by atoms with Gasteiger partial charge in [-0.2, -0.15) is 0 Å². The van der Waals surface area contributed by atoms with Crippen LogP contribution in [-0.4, -0.2) is 53.1 Å². The van der Waals surface area contributed by atoms with Crippen molar-refractivity contribution in [1.82, 2.24) is 4.90 Å². The standard InChI is InChI=1S/C22H27FN2O5S/c1-16-5-4-12-24(14-16)22(26)15-25(18-8-6-17(23)7-9-18)31(27,28)19-10-11-20(29-2)21(13-19)30-3/h6-11,13,16H,4-5,12,14-15H2,1-3H3. The van der Waals surface area contributed by atoms with Crippen LogP contribution in [0.2, 0.25) is 0 Å². The first kappa shape index (κ1) is 22.9.